The Balaban J connectivity index is 1.64. The summed E-state index contributed by atoms with van der Waals surface area (Å²) in [6, 6.07) is 5.21. The van der Waals surface area contributed by atoms with E-state index >= 15 is 0 Å². The minimum atomic E-state index is -4.70. The molecule has 1 saturated heterocycles. The molecule has 1 unspecified atom stereocenters. The molecule has 2 aromatic heterocycles. The Hall–Kier alpha value is -2.74. The Morgan fingerprint density at radius 3 is 2.51 bits per heavy atom. The van der Waals surface area contributed by atoms with E-state index < -0.39 is 21.8 Å². The molecule has 3 heterocycles. The van der Waals surface area contributed by atoms with E-state index in [4.69, 9.17) is 11.6 Å². The van der Waals surface area contributed by atoms with Gasteiger partial charge in [-0.2, -0.15) is 13.2 Å². The summed E-state index contributed by atoms with van der Waals surface area (Å²) < 4.78 is 67.9. The summed E-state index contributed by atoms with van der Waals surface area (Å²) in [6.45, 7) is 2.56. The number of sulfonamides is 1. The third-order valence-corrected chi connectivity index (χ3v) is 8.08. The standard InChI is InChI=1S/C23H27ClF3N7O2S/c1-14(28-2)16-5-4-6-19(20(16)24)33-12-18(30-13-33)21-17(23(25,26)27)11-29-22(32-21)31-15-7-9-34(10-8-15)37(3,35)36/h4-6,11-15,28H,7-10H2,1-3H3,(H,29,31,32). The number of alkyl halides is 3. The summed E-state index contributed by atoms with van der Waals surface area (Å²) in [5, 5.41) is 6.61. The second-order valence-corrected chi connectivity index (χ2v) is 11.3. The fraction of sp³-hybridized carbons (Fsp3) is 0.435. The fourth-order valence-electron chi connectivity index (χ4n) is 4.17. The van der Waals surface area contributed by atoms with Gasteiger partial charge >= 0.3 is 6.18 Å². The number of benzene rings is 1. The van der Waals surface area contributed by atoms with Gasteiger partial charge in [0.25, 0.3) is 0 Å². The zero-order chi connectivity index (χ0) is 27.0. The van der Waals surface area contributed by atoms with Gasteiger partial charge in [0.15, 0.2) is 0 Å². The van der Waals surface area contributed by atoms with E-state index in [2.05, 4.69) is 25.6 Å². The number of rotatable bonds is 7. The number of nitrogens with one attached hydrogen (secondary N) is 2. The Kier molecular flexibility index (Phi) is 7.79. The highest BCUT2D eigenvalue weighted by atomic mass is 35.5. The van der Waals surface area contributed by atoms with Gasteiger partial charge in [-0.25, -0.2) is 27.7 Å². The highest BCUT2D eigenvalue weighted by Crippen LogP contribution is 2.36. The summed E-state index contributed by atoms with van der Waals surface area (Å²) in [7, 11) is -1.49. The molecule has 0 amide bonds. The highest BCUT2D eigenvalue weighted by Gasteiger charge is 2.36. The SMILES string of the molecule is CNC(C)c1cccc(-n2cnc(-c3nc(NC4CCN(S(C)(=O)=O)CC4)ncc3C(F)(F)F)c2)c1Cl. The van der Waals surface area contributed by atoms with Crippen molar-refractivity contribution >= 4 is 27.6 Å². The first-order valence-electron chi connectivity index (χ1n) is 11.5. The van der Waals surface area contributed by atoms with Crippen LogP contribution in [0.15, 0.2) is 36.9 Å². The molecule has 1 aliphatic heterocycles. The monoisotopic (exact) mass is 557 g/mol. The number of piperidine rings is 1. The molecule has 1 atom stereocenters. The topological polar surface area (TPSA) is 105 Å². The van der Waals surface area contributed by atoms with Crippen LogP contribution in [0.4, 0.5) is 19.1 Å². The molecule has 2 N–H and O–H groups in total. The highest BCUT2D eigenvalue weighted by molar-refractivity contribution is 7.88. The molecule has 0 saturated carbocycles. The third kappa shape index (κ3) is 6.06. The van der Waals surface area contributed by atoms with Crippen molar-refractivity contribution in [3.05, 3.63) is 53.1 Å². The molecule has 9 nitrogen and oxygen atoms in total. The van der Waals surface area contributed by atoms with Crippen molar-refractivity contribution in [2.24, 2.45) is 0 Å². The van der Waals surface area contributed by atoms with Crippen LogP contribution in [0.5, 0.6) is 0 Å². The zero-order valence-corrected chi connectivity index (χ0v) is 22.0. The first-order chi connectivity index (χ1) is 17.4. The molecule has 3 aromatic rings. The number of anilines is 1. The Labute approximate surface area is 218 Å². The van der Waals surface area contributed by atoms with Crippen LogP contribution in [-0.2, 0) is 16.2 Å². The number of hydrogen-bond donors (Lipinski definition) is 2. The summed E-state index contributed by atoms with van der Waals surface area (Å²) in [5.41, 5.74) is 0.0294. The van der Waals surface area contributed by atoms with Gasteiger partial charge in [0.1, 0.15) is 23.3 Å². The van der Waals surface area contributed by atoms with E-state index in [-0.39, 0.29) is 29.4 Å². The average Bonchev–Trinajstić information content (AvgIpc) is 3.33. The van der Waals surface area contributed by atoms with Gasteiger partial charge in [-0.3, -0.25) is 0 Å². The smallest absolute Gasteiger partial charge is 0.351 e. The summed E-state index contributed by atoms with van der Waals surface area (Å²) in [5.74, 6) is 0.0123. The Morgan fingerprint density at radius 1 is 1.19 bits per heavy atom. The second kappa shape index (κ2) is 10.6. The average molecular weight is 558 g/mol. The molecule has 14 heteroatoms. The van der Waals surface area contributed by atoms with E-state index in [1.807, 2.05) is 19.1 Å². The van der Waals surface area contributed by atoms with E-state index in [0.717, 1.165) is 18.0 Å². The number of aromatic nitrogens is 4. The number of nitrogens with zero attached hydrogens (tertiary/aromatic N) is 5. The lowest BCUT2D eigenvalue weighted by molar-refractivity contribution is -0.137. The summed E-state index contributed by atoms with van der Waals surface area (Å²) in [6.07, 6.45) is 0.968. The summed E-state index contributed by atoms with van der Waals surface area (Å²) >= 11 is 6.60. The minimum Gasteiger partial charge on any atom is -0.351 e. The van der Waals surface area contributed by atoms with Crippen molar-refractivity contribution in [3.8, 4) is 17.1 Å². The molecule has 1 aromatic carbocycles. The first kappa shape index (κ1) is 27.3. The lowest BCUT2D eigenvalue weighted by Gasteiger charge is -2.30. The molecule has 0 radical (unpaired) electrons. The fourth-order valence-corrected chi connectivity index (χ4v) is 5.43. The number of hydrogen-bond acceptors (Lipinski definition) is 7. The van der Waals surface area contributed by atoms with Gasteiger partial charge in [0.05, 0.1) is 17.0 Å². The minimum absolute atomic E-state index is 0.00723. The van der Waals surface area contributed by atoms with E-state index in [0.29, 0.717) is 36.6 Å². The molecule has 4 rings (SSSR count). The quantitative estimate of drug-likeness (QED) is 0.450. The third-order valence-electron chi connectivity index (χ3n) is 6.36. The predicted molar refractivity (Wildman–Crippen MR) is 135 cm³/mol. The molecule has 0 bridgehead atoms. The molecule has 37 heavy (non-hydrogen) atoms. The van der Waals surface area contributed by atoms with Crippen molar-refractivity contribution in [3.63, 3.8) is 0 Å². The van der Waals surface area contributed by atoms with Crippen LogP contribution in [0.3, 0.4) is 0 Å². The molecule has 200 valence electrons. The number of imidazole rings is 1. The molecule has 1 aliphatic rings. The molecular weight excluding hydrogens is 531 g/mol. The molecular formula is C23H27ClF3N7O2S. The van der Waals surface area contributed by atoms with Crippen molar-refractivity contribution in [1.82, 2.24) is 29.1 Å². The van der Waals surface area contributed by atoms with E-state index in [1.54, 1.807) is 17.7 Å². The zero-order valence-electron chi connectivity index (χ0n) is 20.4. The van der Waals surface area contributed by atoms with Gasteiger partial charge in [0.2, 0.25) is 16.0 Å². The van der Waals surface area contributed by atoms with Crippen LogP contribution in [-0.4, -0.2) is 64.7 Å². The first-order valence-corrected chi connectivity index (χ1v) is 13.8. The van der Waals surface area contributed by atoms with E-state index in [1.165, 1.54) is 16.8 Å². The van der Waals surface area contributed by atoms with Crippen molar-refractivity contribution in [2.45, 2.75) is 38.0 Å². The lowest BCUT2D eigenvalue weighted by atomic mass is 10.1. The van der Waals surface area contributed by atoms with Gasteiger partial charge in [-0.05, 0) is 38.4 Å². The lowest BCUT2D eigenvalue weighted by Crippen LogP contribution is -2.42. The van der Waals surface area contributed by atoms with Crippen molar-refractivity contribution in [2.75, 3.05) is 31.7 Å². The Bertz CT molecular complexity index is 1370. The van der Waals surface area contributed by atoms with Crippen molar-refractivity contribution in [1.29, 1.82) is 0 Å². The van der Waals surface area contributed by atoms with Gasteiger partial charge in [0, 0.05) is 37.6 Å². The number of halogens is 4. The van der Waals surface area contributed by atoms with Gasteiger partial charge in [-0.15, -0.1) is 0 Å². The van der Waals surface area contributed by atoms with Gasteiger partial charge < -0.3 is 15.2 Å². The van der Waals surface area contributed by atoms with Crippen molar-refractivity contribution < 1.29 is 21.6 Å². The second-order valence-electron chi connectivity index (χ2n) is 8.89. The van der Waals surface area contributed by atoms with E-state index in [9.17, 15) is 21.6 Å². The molecule has 1 fully saturated rings. The normalized spacial score (nSPS) is 16.6. The van der Waals surface area contributed by atoms with Crippen LogP contribution in [0.1, 0.15) is 36.9 Å². The maximum Gasteiger partial charge on any atom is 0.420 e. The Morgan fingerprint density at radius 2 is 1.89 bits per heavy atom. The predicted octanol–water partition coefficient (Wildman–Crippen LogP) is 4.12. The van der Waals surface area contributed by atoms with Crippen LogP contribution < -0.4 is 10.6 Å². The van der Waals surface area contributed by atoms with Crippen LogP contribution in [0, 0.1) is 0 Å². The maximum atomic E-state index is 13.8. The van der Waals surface area contributed by atoms with Crippen LogP contribution in [0.25, 0.3) is 17.1 Å². The maximum absolute atomic E-state index is 13.8. The molecule has 0 spiro atoms. The van der Waals surface area contributed by atoms with Crippen LogP contribution >= 0.6 is 11.6 Å². The molecule has 0 aliphatic carbocycles. The largest absolute Gasteiger partial charge is 0.420 e. The van der Waals surface area contributed by atoms with Crippen LogP contribution in [0.2, 0.25) is 5.02 Å². The van der Waals surface area contributed by atoms with Gasteiger partial charge in [-0.1, -0.05) is 23.7 Å². The summed E-state index contributed by atoms with van der Waals surface area (Å²) in [4.78, 5) is 12.2.